The number of benzene rings is 1. The fourth-order valence-electron chi connectivity index (χ4n) is 2.13. The molecule has 0 bridgehead atoms. The third kappa shape index (κ3) is 3.23. The Labute approximate surface area is 123 Å². The fraction of sp³-hybridized carbons (Fsp3) is 0.417. The Bertz CT molecular complexity index is 606. The van der Waals surface area contributed by atoms with Crippen LogP contribution in [0, 0.1) is 0 Å². The van der Waals surface area contributed by atoms with Gasteiger partial charge in [0.25, 0.3) is 0 Å². The van der Waals surface area contributed by atoms with Crippen LogP contribution in [0.4, 0.5) is 4.79 Å². The Morgan fingerprint density at radius 3 is 2.60 bits per heavy atom. The summed E-state index contributed by atoms with van der Waals surface area (Å²) in [6.07, 6.45) is 0.558. The number of carbonyl (C=O) groups excluding carboxylic acids is 1. The van der Waals surface area contributed by atoms with E-state index < -0.39 is 16.1 Å². The Balaban J connectivity index is 2.20. The minimum atomic E-state index is -3.59. The summed E-state index contributed by atoms with van der Waals surface area (Å²) < 4.78 is 26.4. The summed E-state index contributed by atoms with van der Waals surface area (Å²) in [7, 11) is -3.59. The summed E-state index contributed by atoms with van der Waals surface area (Å²) in [5.41, 5.74) is 5.22. The molecule has 6 nitrogen and oxygen atoms in total. The third-order valence-corrected chi connectivity index (χ3v) is 5.33. The zero-order valence-electron chi connectivity index (χ0n) is 10.8. The molecule has 20 heavy (non-hydrogen) atoms. The van der Waals surface area contributed by atoms with Crippen molar-refractivity contribution in [3.8, 4) is 0 Å². The molecule has 1 aromatic rings. The molecule has 1 aliphatic heterocycles. The van der Waals surface area contributed by atoms with Crippen molar-refractivity contribution in [2.45, 2.75) is 11.3 Å². The lowest BCUT2D eigenvalue weighted by atomic mass is 10.4. The average molecular weight is 318 g/mol. The highest BCUT2D eigenvalue weighted by Gasteiger charge is 2.27. The first kappa shape index (κ1) is 15.1. The summed E-state index contributed by atoms with van der Waals surface area (Å²) in [6.45, 7) is 1.36. The molecular weight excluding hydrogens is 302 g/mol. The predicted octanol–water partition coefficient (Wildman–Crippen LogP) is 1.12. The second-order valence-electron chi connectivity index (χ2n) is 4.54. The number of nitrogens with two attached hydrogens (primary N) is 1. The molecule has 1 aliphatic rings. The molecule has 0 saturated carbocycles. The Morgan fingerprint density at radius 2 is 1.95 bits per heavy atom. The molecule has 0 radical (unpaired) electrons. The van der Waals surface area contributed by atoms with Crippen molar-refractivity contribution in [3.63, 3.8) is 0 Å². The van der Waals surface area contributed by atoms with Crippen molar-refractivity contribution in [3.05, 3.63) is 29.3 Å². The molecule has 110 valence electrons. The normalized spacial score (nSPS) is 17.8. The van der Waals surface area contributed by atoms with E-state index in [0.717, 1.165) is 0 Å². The van der Waals surface area contributed by atoms with Crippen LogP contribution in [0.1, 0.15) is 6.42 Å². The SMILES string of the molecule is NC(=O)N1CCCN(S(=O)(=O)c2cccc(Cl)c2)CC1. The summed E-state index contributed by atoms with van der Waals surface area (Å²) in [4.78, 5) is 12.8. The van der Waals surface area contributed by atoms with E-state index in [1.54, 1.807) is 12.1 Å². The van der Waals surface area contributed by atoms with Crippen molar-refractivity contribution in [2.75, 3.05) is 26.2 Å². The van der Waals surface area contributed by atoms with Crippen LogP contribution in [-0.2, 0) is 10.0 Å². The van der Waals surface area contributed by atoms with E-state index in [0.29, 0.717) is 31.1 Å². The van der Waals surface area contributed by atoms with Crippen LogP contribution in [0.2, 0.25) is 5.02 Å². The van der Waals surface area contributed by atoms with Gasteiger partial charge in [0.1, 0.15) is 0 Å². The molecule has 0 aromatic heterocycles. The summed E-state index contributed by atoms with van der Waals surface area (Å²) >= 11 is 5.83. The van der Waals surface area contributed by atoms with Gasteiger partial charge in [-0.25, -0.2) is 13.2 Å². The van der Waals surface area contributed by atoms with Crippen LogP contribution in [0.3, 0.4) is 0 Å². The van der Waals surface area contributed by atoms with Crippen LogP contribution in [0.15, 0.2) is 29.2 Å². The molecule has 2 rings (SSSR count). The maximum Gasteiger partial charge on any atom is 0.314 e. The van der Waals surface area contributed by atoms with Crippen molar-refractivity contribution in [2.24, 2.45) is 5.73 Å². The van der Waals surface area contributed by atoms with E-state index in [4.69, 9.17) is 17.3 Å². The molecule has 8 heteroatoms. The number of urea groups is 1. The van der Waals surface area contributed by atoms with Crippen LogP contribution < -0.4 is 5.73 Å². The number of amides is 2. The van der Waals surface area contributed by atoms with Crippen LogP contribution in [0.25, 0.3) is 0 Å². The van der Waals surface area contributed by atoms with Crippen molar-refractivity contribution >= 4 is 27.7 Å². The van der Waals surface area contributed by atoms with Gasteiger partial charge in [-0.1, -0.05) is 17.7 Å². The zero-order valence-corrected chi connectivity index (χ0v) is 12.4. The van der Waals surface area contributed by atoms with Gasteiger partial charge < -0.3 is 10.6 Å². The summed E-state index contributed by atoms with van der Waals surface area (Å²) in [5, 5.41) is 0.375. The van der Waals surface area contributed by atoms with E-state index in [1.165, 1.54) is 21.3 Å². The standard InChI is InChI=1S/C12H16ClN3O3S/c13-10-3-1-4-11(9-10)20(18,19)16-6-2-5-15(7-8-16)12(14)17/h1,3-4,9H,2,5-8H2,(H2,14,17). The number of rotatable bonds is 2. The van der Waals surface area contributed by atoms with Crippen molar-refractivity contribution in [1.29, 1.82) is 0 Å². The van der Waals surface area contributed by atoms with Gasteiger partial charge in [0, 0.05) is 31.2 Å². The number of carbonyl (C=O) groups is 1. The Kier molecular flexibility index (Phi) is 4.52. The maximum atomic E-state index is 12.5. The van der Waals surface area contributed by atoms with Gasteiger partial charge in [-0.15, -0.1) is 0 Å². The van der Waals surface area contributed by atoms with Gasteiger partial charge in [0.05, 0.1) is 4.90 Å². The molecule has 1 fully saturated rings. The van der Waals surface area contributed by atoms with Gasteiger partial charge in [0.15, 0.2) is 0 Å². The number of sulfonamides is 1. The number of primary amides is 1. The molecule has 1 saturated heterocycles. The summed E-state index contributed by atoms with van der Waals surface area (Å²) in [5.74, 6) is 0. The lowest BCUT2D eigenvalue weighted by Gasteiger charge is -2.20. The predicted molar refractivity (Wildman–Crippen MR) is 76.0 cm³/mol. The van der Waals surface area contributed by atoms with E-state index >= 15 is 0 Å². The smallest absolute Gasteiger partial charge is 0.314 e. The molecule has 0 spiro atoms. The van der Waals surface area contributed by atoms with Crippen molar-refractivity contribution < 1.29 is 13.2 Å². The van der Waals surface area contributed by atoms with Gasteiger partial charge in [0.2, 0.25) is 10.0 Å². The Hall–Kier alpha value is -1.31. The van der Waals surface area contributed by atoms with Crippen LogP contribution in [0.5, 0.6) is 0 Å². The number of hydrogen-bond acceptors (Lipinski definition) is 3. The highest BCUT2D eigenvalue weighted by molar-refractivity contribution is 7.89. The molecular formula is C12H16ClN3O3S. The van der Waals surface area contributed by atoms with Crippen LogP contribution in [-0.4, -0.2) is 49.8 Å². The highest BCUT2D eigenvalue weighted by atomic mass is 35.5. The van der Waals surface area contributed by atoms with Gasteiger partial charge in [-0.2, -0.15) is 4.31 Å². The molecule has 0 aliphatic carbocycles. The molecule has 1 heterocycles. The fourth-order valence-corrected chi connectivity index (χ4v) is 3.90. The van der Waals surface area contributed by atoms with E-state index in [-0.39, 0.29) is 11.4 Å². The van der Waals surface area contributed by atoms with Gasteiger partial charge in [-0.3, -0.25) is 0 Å². The van der Waals surface area contributed by atoms with Gasteiger partial charge in [-0.05, 0) is 24.6 Å². The first-order chi connectivity index (χ1) is 9.41. The number of halogens is 1. The minimum absolute atomic E-state index is 0.164. The molecule has 0 unspecified atom stereocenters. The Morgan fingerprint density at radius 1 is 1.20 bits per heavy atom. The molecule has 1 aromatic carbocycles. The number of nitrogens with zero attached hydrogens (tertiary/aromatic N) is 2. The quantitative estimate of drug-likeness (QED) is 0.887. The minimum Gasteiger partial charge on any atom is -0.351 e. The second-order valence-corrected chi connectivity index (χ2v) is 6.91. The average Bonchev–Trinajstić information content (AvgIpc) is 2.64. The topological polar surface area (TPSA) is 83.7 Å². The summed E-state index contributed by atoms with van der Waals surface area (Å²) in [6, 6.07) is 5.64. The van der Waals surface area contributed by atoms with Gasteiger partial charge >= 0.3 is 6.03 Å². The molecule has 0 atom stereocenters. The van der Waals surface area contributed by atoms with Crippen molar-refractivity contribution in [1.82, 2.24) is 9.21 Å². The van der Waals surface area contributed by atoms with E-state index in [9.17, 15) is 13.2 Å². The highest BCUT2D eigenvalue weighted by Crippen LogP contribution is 2.20. The largest absolute Gasteiger partial charge is 0.351 e. The van der Waals surface area contributed by atoms with E-state index in [1.807, 2.05) is 0 Å². The molecule has 2 amide bonds. The number of hydrogen-bond donors (Lipinski definition) is 1. The van der Waals surface area contributed by atoms with Crippen LogP contribution >= 0.6 is 11.6 Å². The van der Waals surface area contributed by atoms with E-state index in [2.05, 4.69) is 0 Å². The lowest BCUT2D eigenvalue weighted by Crippen LogP contribution is -2.39. The first-order valence-electron chi connectivity index (χ1n) is 6.21. The second kappa shape index (κ2) is 5.99. The maximum absolute atomic E-state index is 12.5. The first-order valence-corrected chi connectivity index (χ1v) is 8.03. The third-order valence-electron chi connectivity index (χ3n) is 3.20. The monoisotopic (exact) mass is 317 g/mol. The lowest BCUT2D eigenvalue weighted by molar-refractivity contribution is 0.210. The zero-order chi connectivity index (χ0) is 14.8. The molecule has 2 N–H and O–H groups in total.